The number of nitrogens with one attached hydrogen (secondary N) is 1. The number of rotatable bonds is 4. The van der Waals surface area contributed by atoms with Gasteiger partial charge in [0.15, 0.2) is 0 Å². The summed E-state index contributed by atoms with van der Waals surface area (Å²) in [5, 5.41) is 4.35. The monoisotopic (exact) mass is 314 g/mol. The first-order valence-corrected chi connectivity index (χ1v) is 7.68. The van der Waals surface area contributed by atoms with Gasteiger partial charge in [-0.2, -0.15) is 5.10 Å². The maximum atomic E-state index is 12.2. The standard InChI is InChI=1S/C12H15ClN4O2S/c1-8-3-10(4-11(14)12(8)13)20(18,19)16-6-9-5-15-17(2)7-9/h3-5,7,16H,6,14H2,1-2H3. The van der Waals surface area contributed by atoms with Gasteiger partial charge in [-0.25, -0.2) is 13.1 Å². The molecule has 0 radical (unpaired) electrons. The molecular formula is C12H15ClN4O2S. The molecule has 8 heteroatoms. The molecule has 1 heterocycles. The lowest BCUT2D eigenvalue weighted by Gasteiger charge is -2.09. The maximum absolute atomic E-state index is 12.2. The predicted molar refractivity (Wildman–Crippen MR) is 77.8 cm³/mol. The van der Waals surface area contributed by atoms with Crippen LogP contribution in [0.4, 0.5) is 5.69 Å². The number of nitrogen functional groups attached to an aromatic ring is 1. The molecule has 2 rings (SSSR count). The molecule has 0 fully saturated rings. The zero-order valence-corrected chi connectivity index (χ0v) is 12.7. The van der Waals surface area contributed by atoms with Gasteiger partial charge in [0.1, 0.15) is 0 Å². The van der Waals surface area contributed by atoms with Crippen LogP contribution in [0.25, 0.3) is 0 Å². The number of hydrogen-bond acceptors (Lipinski definition) is 4. The summed E-state index contributed by atoms with van der Waals surface area (Å²) in [4.78, 5) is 0.0980. The van der Waals surface area contributed by atoms with Crippen molar-refractivity contribution < 1.29 is 8.42 Å². The van der Waals surface area contributed by atoms with E-state index in [1.807, 2.05) is 0 Å². The van der Waals surface area contributed by atoms with E-state index >= 15 is 0 Å². The Hall–Kier alpha value is -1.57. The first-order valence-electron chi connectivity index (χ1n) is 5.82. The van der Waals surface area contributed by atoms with Gasteiger partial charge >= 0.3 is 0 Å². The number of sulfonamides is 1. The minimum Gasteiger partial charge on any atom is -0.397 e. The Morgan fingerprint density at radius 2 is 2.15 bits per heavy atom. The van der Waals surface area contributed by atoms with E-state index in [1.54, 1.807) is 31.0 Å². The van der Waals surface area contributed by atoms with Crippen LogP contribution in [0.3, 0.4) is 0 Å². The Morgan fingerprint density at radius 3 is 2.70 bits per heavy atom. The summed E-state index contributed by atoms with van der Waals surface area (Å²) in [7, 11) is -1.87. The van der Waals surface area contributed by atoms with E-state index < -0.39 is 10.0 Å². The zero-order valence-electron chi connectivity index (χ0n) is 11.1. The third-order valence-corrected chi connectivity index (χ3v) is 4.69. The van der Waals surface area contributed by atoms with Crippen molar-refractivity contribution in [3.8, 4) is 0 Å². The SMILES string of the molecule is Cc1cc(S(=O)(=O)NCc2cnn(C)c2)cc(N)c1Cl. The maximum Gasteiger partial charge on any atom is 0.240 e. The Bertz CT molecular complexity index is 717. The average molecular weight is 315 g/mol. The molecule has 20 heavy (non-hydrogen) atoms. The largest absolute Gasteiger partial charge is 0.397 e. The van der Waals surface area contributed by atoms with Gasteiger partial charge < -0.3 is 5.73 Å². The van der Waals surface area contributed by atoms with Gasteiger partial charge in [-0.3, -0.25) is 4.68 Å². The van der Waals surface area contributed by atoms with Crippen molar-refractivity contribution in [2.24, 2.45) is 7.05 Å². The predicted octanol–water partition coefficient (Wildman–Crippen LogP) is 1.44. The summed E-state index contributed by atoms with van der Waals surface area (Å²) in [6.45, 7) is 1.87. The molecule has 0 amide bonds. The second-order valence-corrected chi connectivity index (χ2v) is 6.64. The number of aryl methyl sites for hydroxylation is 2. The molecule has 6 nitrogen and oxygen atoms in total. The minimum atomic E-state index is -3.64. The molecule has 0 atom stereocenters. The molecule has 0 spiro atoms. The van der Waals surface area contributed by atoms with E-state index in [0.29, 0.717) is 10.6 Å². The normalized spacial score (nSPS) is 11.8. The summed E-state index contributed by atoms with van der Waals surface area (Å²) in [5.41, 5.74) is 7.33. The van der Waals surface area contributed by atoms with Gasteiger partial charge in [-0.05, 0) is 24.6 Å². The number of anilines is 1. The van der Waals surface area contributed by atoms with Gasteiger partial charge in [0.2, 0.25) is 10.0 Å². The van der Waals surface area contributed by atoms with Gasteiger partial charge in [-0.1, -0.05) is 11.6 Å². The van der Waals surface area contributed by atoms with Crippen LogP contribution >= 0.6 is 11.6 Å². The molecule has 0 saturated heterocycles. The number of hydrogen-bond donors (Lipinski definition) is 2. The Morgan fingerprint density at radius 1 is 1.45 bits per heavy atom. The molecule has 1 aromatic heterocycles. The van der Waals surface area contributed by atoms with Crippen molar-refractivity contribution in [3.05, 3.63) is 40.7 Å². The van der Waals surface area contributed by atoms with Crippen molar-refractivity contribution >= 4 is 27.3 Å². The van der Waals surface area contributed by atoms with E-state index in [-0.39, 0.29) is 17.1 Å². The highest BCUT2D eigenvalue weighted by atomic mass is 35.5. The van der Waals surface area contributed by atoms with E-state index in [0.717, 1.165) is 5.56 Å². The molecule has 1 aromatic carbocycles. The van der Waals surface area contributed by atoms with Crippen molar-refractivity contribution in [2.75, 3.05) is 5.73 Å². The van der Waals surface area contributed by atoms with Crippen LogP contribution in [-0.2, 0) is 23.6 Å². The van der Waals surface area contributed by atoms with E-state index in [2.05, 4.69) is 9.82 Å². The Labute approximate surface area is 122 Å². The van der Waals surface area contributed by atoms with E-state index in [4.69, 9.17) is 17.3 Å². The highest BCUT2D eigenvalue weighted by Crippen LogP contribution is 2.26. The third-order valence-electron chi connectivity index (χ3n) is 2.79. The molecule has 0 bridgehead atoms. The molecule has 0 aliphatic rings. The molecular weight excluding hydrogens is 300 g/mol. The lowest BCUT2D eigenvalue weighted by atomic mass is 10.2. The van der Waals surface area contributed by atoms with Crippen LogP contribution in [0.15, 0.2) is 29.4 Å². The van der Waals surface area contributed by atoms with Crippen LogP contribution < -0.4 is 10.5 Å². The Kier molecular flexibility index (Phi) is 4.03. The van der Waals surface area contributed by atoms with Crippen LogP contribution in [0.2, 0.25) is 5.02 Å². The highest BCUT2D eigenvalue weighted by Gasteiger charge is 2.16. The highest BCUT2D eigenvalue weighted by molar-refractivity contribution is 7.89. The lowest BCUT2D eigenvalue weighted by Crippen LogP contribution is -2.23. The summed E-state index contributed by atoms with van der Waals surface area (Å²) in [6, 6.07) is 2.84. The molecule has 0 aliphatic carbocycles. The van der Waals surface area contributed by atoms with Crippen LogP contribution in [-0.4, -0.2) is 18.2 Å². The van der Waals surface area contributed by atoms with Crippen molar-refractivity contribution in [3.63, 3.8) is 0 Å². The second kappa shape index (κ2) is 5.43. The molecule has 108 valence electrons. The quantitative estimate of drug-likeness (QED) is 0.836. The van der Waals surface area contributed by atoms with E-state index in [1.165, 1.54) is 12.1 Å². The molecule has 0 saturated carbocycles. The molecule has 0 aliphatic heterocycles. The summed E-state index contributed by atoms with van der Waals surface area (Å²) in [5.74, 6) is 0. The number of aromatic nitrogens is 2. The van der Waals surface area contributed by atoms with Gasteiger partial charge in [0.05, 0.1) is 21.8 Å². The fourth-order valence-electron chi connectivity index (χ4n) is 1.74. The fraction of sp³-hybridized carbons (Fsp3) is 0.250. The van der Waals surface area contributed by atoms with Crippen LogP contribution in [0.1, 0.15) is 11.1 Å². The molecule has 2 aromatic rings. The number of nitrogens with two attached hydrogens (primary N) is 1. The average Bonchev–Trinajstić information content (AvgIpc) is 2.79. The summed E-state index contributed by atoms with van der Waals surface area (Å²) < 4.78 is 28.5. The number of halogens is 1. The molecule has 3 N–H and O–H groups in total. The number of nitrogens with zero attached hydrogens (tertiary/aromatic N) is 2. The first kappa shape index (κ1) is 14.8. The summed E-state index contributed by atoms with van der Waals surface area (Å²) >= 11 is 5.92. The summed E-state index contributed by atoms with van der Waals surface area (Å²) in [6.07, 6.45) is 3.34. The van der Waals surface area contributed by atoms with Crippen molar-refractivity contribution in [2.45, 2.75) is 18.4 Å². The van der Waals surface area contributed by atoms with Crippen LogP contribution in [0, 0.1) is 6.92 Å². The van der Waals surface area contributed by atoms with Crippen molar-refractivity contribution in [1.29, 1.82) is 0 Å². The zero-order chi connectivity index (χ0) is 14.9. The lowest BCUT2D eigenvalue weighted by molar-refractivity contribution is 0.581. The first-order chi connectivity index (χ1) is 9.29. The third kappa shape index (κ3) is 3.12. The smallest absolute Gasteiger partial charge is 0.240 e. The van der Waals surface area contributed by atoms with Crippen LogP contribution in [0.5, 0.6) is 0 Å². The Balaban J connectivity index is 2.22. The fourth-order valence-corrected chi connectivity index (χ4v) is 2.99. The number of benzene rings is 1. The topological polar surface area (TPSA) is 90.0 Å². The minimum absolute atomic E-state index is 0.0980. The van der Waals surface area contributed by atoms with E-state index in [9.17, 15) is 8.42 Å². The van der Waals surface area contributed by atoms with Gasteiger partial charge in [0, 0.05) is 25.4 Å². The van der Waals surface area contributed by atoms with Crippen molar-refractivity contribution in [1.82, 2.24) is 14.5 Å². The van der Waals surface area contributed by atoms with Gasteiger partial charge in [0.25, 0.3) is 0 Å². The molecule has 0 unspecified atom stereocenters. The second-order valence-electron chi connectivity index (χ2n) is 4.49. The van der Waals surface area contributed by atoms with Gasteiger partial charge in [-0.15, -0.1) is 0 Å².